The third-order valence-electron chi connectivity index (χ3n) is 3.76. The van der Waals surface area contributed by atoms with Gasteiger partial charge in [0.1, 0.15) is 0 Å². The summed E-state index contributed by atoms with van der Waals surface area (Å²) in [5, 5.41) is 11.0. The van der Waals surface area contributed by atoms with Gasteiger partial charge in [-0.2, -0.15) is 0 Å². The molecule has 26 heavy (non-hydrogen) atoms. The number of carbonyl (C=O) groups excluding carboxylic acids is 3. The molecule has 4 amide bonds. The molecule has 7 nitrogen and oxygen atoms in total. The van der Waals surface area contributed by atoms with Crippen LogP contribution >= 0.6 is 0 Å². The van der Waals surface area contributed by atoms with Gasteiger partial charge in [0, 0.05) is 35.6 Å². The molecule has 4 N–H and O–H groups in total. The van der Waals surface area contributed by atoms with Crippen molar-refractivity contribution in [2.45, 2.75) is 25.8 Å². The number of nitrogens with one attached hydrogen (secondary N) is 4. The molecule has 0 bridgehead atoms. The van der Waals surface area contributed by atoms with Crippen molar-refractivity contribution in [3.8, 4) is 0 Å². The van der Waals surface area contributed by atoms with E-state index in [1.165, 1.54) is 6.92 Å². The van der Waals surface area contributed by atoms with Crippen LogP contribution in [0.2, 0.25) is 0 Å². The lowest BCUT2D eigenvalue weighted by Gasteiger charge is -2.09. The molecule has 0 heterocycles. The van der Waals surface area contributed by atoms with Gasteiger partial charge in [-0.25, -0.2) is 4.79 Å². The first-order valence-corrected chi connectivity index (χ1v) is 8.36. The van der Waals surface area contributed by atoms with Crippen molar-refractivity contribution in [2.24, 2.45) is 0 Å². The lowest BCUT2D eigenvalue weighted by atomic mass is 10.2. The Balaban J connectivity index is 1.59. The predicted octanol–water partition coefficient (Wildman–Crippen LogP) is 3.18. The molecule has 1 aliphatic rings. The van der Waals surface area contributed by atoms with E-state index in [1.54, 1.807) is 48.5 Å². The van der Waals surface area contributed by atoms with Crippen LogP contribution in [0.1, 0.15) is 30.1 Å². The first-order valence-electron chi connectivity index (χ1n) is 8.36. The van der Waals surface area contributed by atoms with Gasteiger partial charge in [-0.3, -0.25) is 9.59 Å². The normalized spacial score (nSPS) is 12.8. The zero-order chi connectivity index (χ0) is 18.5. The fraction of sp³-hybridized carbons (Fsp3) is 0.211. The molecule has 0 aliphatic heterocycles. The largest absolute Gasteiger partial charge is 0.335 e. The van der Waals surface area contributed by atoms with E-state index < -0.39 is 0 Å². The summed E-state index contributed by atoms with van der Waals surface area (Å²) < 4.78 is 0. The van der Waals surface area contributed by atoms with Gasteiger partial charge in [0.2, 0.25) is 5.91 Å². The van der Waals surface area contributed by atoms with Gasteiger partial charge >= 0.3 is 6.03 Å². The van der Waals surface area contributed by atoms with E-state index in [0.717, 1.165) is 12.8 Å². The van der Waals surface area contributed by atoms with Crippen molar-refractivity contribution >= 4 is 34.9 Å². The smallest absolute Gasteiger partial charge is 0.319 e. The Bertz CT molecular complexity index is 829. The van der Waals surface area contributed by atoms with Gasteiger partial charge in [-0.1, -0.05) is 6.07 Å². The Morgan fingerprint density at radius 1 is 0.846 bits per heavy atom. The summed E-state index contributed by atoms with van der Waals surface area (Å²) in [5.74, 6) is -0.457. The summed E-state index contributed by atoms with van der Waals surface area (Å²) in [5.41, 5.74) is 2.26. The van der Waals surface area contributed by atoms with Gasteiger partial charge in [0.15, 0.2) is 0 Å². The standard InChI is InChI=1S/C19H20N4O3/c1-12(24)20-16-3-2-4-17(11-16)21-18(25)13-5-7-14(8-6-13)22-19(26)23-15-9-10-15/h2-8,11,15H,9-10H2,1H3,(H,20,24)(H,21,25)(H2,22,23,26). The highest BCUT2D eigenvalue weighted by atomic mass is 16.2. The number of hydrogen-bond donors (Lipinski definition) is 4. The van der Waals surface area contributed by atoms with Crippen LogP contribution in [0.15, 0.2) is 48.5 Å². The highest BCUT2D eigenvalue weighted by Gasteiger charge is 2.23. The van der Waals surface area contributed by atoms with E-state index in [0.29, 0.717) is 22.6 Å². The third-order valence-corrected chi connectivity index (χ3v) is 3.76. The first-order chi connectivity index (χ1) is 12.5. The van der Waals surface area contributed by atoms with E-state index >= 15 is 0 Å². The van der Waals surface area contributed by atoms with Crippen LogP contribution in [-0.2, 0) is 4.79 Å². The van der Waals surface area contributed by atoms with Crippen molar-refractivity contribution in [3.63, 3.8) is 0 Å². The summed E-state index contributed by atoms with van der Waals surface area (Å²) in [6.45, 7) is 1.42. The molecule has 1 saturated carbocycles. The summed E-state index contributed by atoms with van der Waals surface area (Å²) in [4.78, 5) is 35.1. The molecule has 0 radical (unpaired) electrons. The number of amides is 4. The summed E-state index contributed by atoms with van der Waals surface area (Å²) in [7, 11) is 0. The van der Waals surface area contributed by atoms with Crippen LogP contribution in [0.4, 0.5) is 21.9 Å². The lowest BCUT2D eigenvalue weighted by molar-refractivity contribution is -0.114. The maximum Gasteiger partial charge on any atom is 0.319 e. The zero-order valence-electron chi connectivity index (χ0n) is 14.3. The molecular formula is C19H20N4O3. The fourth-order valence-electron chi connectivity index (χ4n) is 2.37. The van der Waals surface area contributed by atoms with Gasteiger partial charge in [0.05, 0.1) is 0 Å². The molecule has 0 spiro atoms. The molecule has 0 unspecified atom stereocenters. The summed E-state index contributed by atoms with van der Waals surface area (Å²) >= 11 is 0. The molecule has 0 aromatic heterocycles. The van der Waals surface area contributed by atoms with Crippen molar-refractivity contribution in [2.75, 3.05) is 16.0 Å². The van der Waals surface area contributed by atoms with E-state index in [2.05, 4.69) is 21.3 Å². The summed E-state index contributed by atoms with van der Waals surface area (Å²) in [6, 6.07) is 13.6. The molecular weight excluding hydrogens is 332 g/mol. The molecule has 2 aromatic rings. The maximum absolute atomic E-state index is 12.3. The lowest BCUT2D eigenvalue weighted by Crippen LogP contribution is -2.30. The van der Waals surface area contributed by atoms with E-state index in [4.69, 9.17) is 0 Å². The van der Waals surface area contributed by atoms with Crippen LogP contribution in [-0.4, -0.2) is 23.9 Å². The molecule has 3 rings (SSSR count). The van der Waals surface area contributed by atoms with Crippen molar-refractivity contribution < 1.29 is 14.4 Å². The van der Waals surface area contributed by atoms with Gasteiger partial charge in [-0.15, -0.1) is 0 Å². The molecule has 1 fully saturated rings. The zero-order valence-corrected chi connectivity index (χ0v) is 14.3. The second-order valence-electron chi connectivity index (χ2n) is 6.17. The highest BCUT2D eigenvalue weighted by Crippen LogP contribution is 2.19. The second-order valence-corrected chi connectivity index (χ2v) is 6.17. The van der Waals surface area contributed by atoms with Gasteiger partial charge in [-0.05, 0) is 55.3 Å². The van der Waals surface area contributed by atoms with Crippen molar-refractivity contribution in [1.82, 2.24) is 5.32 Å². The number of hydrogen-bond acceptors (Lipinski definition) is 3. The number of benzene rings is 2. The van der Waals surface area contributed by atoms with Crippen LogP contribution in [0.25, 0.3) is 0 Å². The predicted molar refractivity (Wildman–Crippen MR) is 100 cm³/mol. The Morgan fingerprint density at radius 3 is 2.12 bits per heavy atom. The second kappa shape index (κ2) is 7.69. The van der Waals surface area contributed by atoms with Crippen molar-refractivity contribution in [1.29, 1.82) is 0 Å². The van der Waals surface area contributed by atoms with Crippen LogP contribution in [0, 0.1) is 0 Å². The van der Waals surface area contributed by atoms with E-state index in [9.17, 15) is 14.4 Å². The molecule has 2 aromatic carbocycles. The Morgan fingerprint density at radius 2 is 1.50 bits per heavy atom. The first kappa shape index (κ1) is 17.5. The fourth-order valence-corrected chi connectivity index (χ4v) is 2.37. The van der Waals surface area contributed by atoms with Crippen molar-refractivity contribution in [3.05, 3.63) is 54.1 Å². The Hall–Kier alpha value is -3.35. The Kier molecular flexibility index (Phi) is 5.17. The quantitative estimate of drug-likeness (QED) is 0.665. The van der Waals surface area contributed by atoms with Gasteiger partial charge in [0.25, 0.3) is 5.91 Å². The highest BCUT2D eigenvalue weighted by molar-refractivity contribution is 6.05. The van der Waals surface area contributed by atoms with E-state index in [1.807, 2.05) is 0 Å². The van der Waals surface area contributed by atoms with Crippen LogP contribution < -0.4 is 21.3 Å². The average molecular weight is 352 g/mol. The van der Waals surface area contributed by atoms with Gasteiger partial charge < -0.3 is 21.3 Å². The third kappa shape index (κ3) is 5.07. The summed E-state index contributed by atoms with van der Waals surface area (Å²) in [6.07, 6.45) is 2.05. The molecule has 7 heteroatoms. The minimum absolute atomic E-state index is 0.178. The number of urea groups is 1. The maximum atomic E-state index is 12.3. The molecule has 0 saturated heterocycles. The minimum Gasteiger partial charge on any atom is -0.335 e. The minimum atomic E-state index is -0.279. The Labute approximate surface area is 151 Å². The topological polar surface area (TPSA) is 99.3 Å². The van der Waals surface area contributed by atoms with Crippen LogP contribution in [0.3, 0.4) is 0 Å². The number of carbonyl (C=O) groups is 3. The average Bonchev–Trinajstić information content (AvgIpc) is 3.39. The number of rotatable bonds is 5. The van der Waals surface area contributed by atoms with Crippen LogP contribution in [0.5, 0.6) is 0 Å². The molecule has 1 aliphatic carbocycles. The van der Waals surface area contributed by atoms with E-state index in [-0.39, 0.29) is 23.9 Å². The SMILES string of the molecule is CC(=O)Nc1cccc(NC(=O)c2ccc(NC(=O)NC3CC3)cc2)c1. The number of anilines is 3. The monoisotopic (exact) mass is 352 g/mol. The molecule has 134 valence electrons. The molecule has 0 atom stereocenters.